The van der Waals surface area contributed by atoms with Crippen LogP contribution >= 0.6 is 0 Å². The fourth-order valence-corrected chi connectivity index (χ4v) is 1.46. The van der Waals surface area contributed by atoms with Gasteiger partial charge in [-0.05, 0) is 26.2 Å². The molecule has 3 heteroatoms. The van der Waals surface area contributed by atoms with Crippen molar-refractivity contribution in [2.24, 2.45) is 5.92 Å². The quantitative estimate of drug-likeness (QED) is 0.511. The largest absolute Gasteiger partial charge is 0.463 e. The zero-order chi connectivity index (χ0) is 12.6. The molecule has 0 saturated heterocycles. The van der Waals surface area contributed by atoms with Crippen molar-refractivity contribution < 1.29 is 9.53 Å². The van der Waals surface area contributed by atoms with Crippen molar-refractivity contribution in [1.82, 2.24) is 5.32 Å². The summed E-state index contributed by atoms with van der Waals surface area (Å²) in [5.41, 5.74) is 0.498. The Bertz CT molecular complexity index is 226. The van der Waals surface area contributed by atoms with Crippen molar-refractivity contribution in [2.75, 3.05) is 13.2 Å². The van der Waals surface area contributed by atoms with Crippen LogP contribution in [-0.2, 0) is 9.53 Å². The third kappa shape index (κ3) is 6.62. The Morgan fingerprint density at radius 2 is 2.00 bits per heavy atom. The predicted octanol–water partition coefficient (Wildman–Crippen LogP) is 2.52. The number of ether oxygens (including phenoxy) is 1. The summed E-state index contributed by atoms with van der Waals surface area (Å²) >= 11 is 0. The Labute approximate surface area is 99.3 Å². The fourth-order valence-electron chi connectivity index (χ4n) is 1.46. The second-order valence-corrected chi connectivity index (χ2v) is 4.36. The minimum atomic E-state index is -0.300. The Hall–Kier alpha value is -0.830. The highest BCUT2D eigenvalue weighted by atomic mass is 16.5. The molecule has 0 heterocycles. The minimum absolute atomic E-state index is 0.300. The number of hydrogen-bond donors (Lipinski definition) is 1. The summed E-state index contributed by atoms with van der Waals surface area (Å²) in [6, 6.07) is 0.404. The lowest BCUT2D eigenvalue weighted by Crippen LogP contribution is -2.31. The zero-order valence-electron chi connectivity index (χ0n) is 11.0. The first-order valence-corrected chi connectivity index (χ1v) is 6.09. The molecule has 16 heavy (non-hydrogen) atoms. The Balaban J connectivity index is 3.78. The molecular weight excluding hydrogens is 202 g/mol. The summed E-state index contributed by atoms with van der Waals surface area (Å²) in [5, 5.41) is 3.29. The van der Waals surface area contributed by atoms with Gasteiger partial charge in [-0.25, -0.2) is 4.79 Å². The molecule has 0 radical (unpaired) electrons. The molecular formula is C13H25NO2. The van der Waals surface area contributed by atoms with Gasteiger partial charge in [-0.3, -0.25) is 0 Å². The van der Waals surface area contributed by atoms with Crippen LogP contribution < -0.4 is 5.32 Å². The smallest absolute Gasteiger partial charge is 0.334 e. The summed E-state index contributed by atoms with van der Waals surface area (Å²) in [6.07, 6.45) is 2.30. The van der Waals surface area contributed by atoms with Crippen LogP contribution in [0.1, 0.15) is 40.5 Å². The number of carbonyl (C=O) groups excluding carboxylic acids is 1. The normalized spacial score (nSPS) is 14.2. The molecule has 0 spiro atoms. The van der Waals surface area contributed by atoms with Gasteiger partial charge in [0.25, 0.3) is 0 Å². The molecule has 0 fully saturated rings. The Kier molecular flexibility index (Phi) is 7.90. The number of carbonyl (C=O) groups is 1. The molecule has 0 aromatic rings. The zero-order valence-corrected chi connectivity index (χ0v) is 11.0. The maximum absolute atomic E-state index is 11.3. The van der Waals surface area contributed by atoms with E-state index in [0.717, 1.165) is 6.42 Å². The van der Waals surface area contributed by atoms with Gasteiger partial charge in [0.1, 0.15) is 0 Å². The van der Waals surface area contributed by atoms with E-state index in [1.807, 2.05) is 0 Å². The summed E-state index contributed by atoms with van der Waals surface area (Å²) in [6.45, 7) is 13.0. The van der Waals surface area contributed by atoms with E-state index in [-0.39, 0.29) is 5.97 Å². The second kappa shape index (κ2) is 8.34. The van der Waals surface area contributed by atoms with E-state index in [1.165, 1.54) is 6.42 Å². The first-order valence-electron chi connectivity index (χ1n) is 6.09. The second-order valence-electron chi connectivity index (χ2n) is 4.36. The highest BCUT2D eigenvalue weighted by molar-refractivity contribution is 5.88. The van der Waals surface area contributed by atoms with E-state index in [9.17, 15) is 4.79 Å². The van der Waals surface area contributed by atoms with E-state index >= 15 is 0 Å². The van der Waals surface area contributed by atoms with E-state index in [0.29, 0.717) is 30.7 Å². The molecule has 0 aromatic carbocycles. The molecule has 3 nitrogen and oxygen atoms in total. The molecule has 0 aromatic heterocycles. The topological polar surface area (TPSA) is 38.3 Å². The van der Waals surface area contributed by atoms with E-state index in [1.54, 1.807) is 6.92 Å². The van der Waals surface area contributed by atoms with Crippen LogP contribution in [0, 0.1) is 5.92 Å². The lowest BCUT2D eigenvalue weighted by Gasteiger charge is -2.17. The van der Waals surface area contributed by atoms with Gasteiger partial charge in [-0.2, -0.15) is 0 Å². The van der Waals surface area contributed by atoms with Crippen LogP contribution in [-0.4, -0.2) is 25.2 Å². The molecule has 0 bridgehead atoms. The predicted molar refractivity (Wildman–Crippen MR) is 67.3 cm³/mol. The van der Waals surface area contributed by atoms with Crippen LogP contribution in [0.15, 0.2) is 12.2 Å². The van der Waals surface area contributed by atoms with Crippen LogP contribution in [0.5, 0.6) is 0 Å². The highest BCUT2D eigenvalue weighted by Crippen LogP contribution is 2.09. The third-order valence-electron chi connectivity index (χ3n) is 2.68. The molecule has 1 N–H and O–H groups in total. The van der Waals surface area contributed by atoms with Crippen LogP contribution in [0.3, 0.4) is 0 Å². The Morgan fingerprint density at radius 3 is 2.50 bits per heavy atom. The number of nitrogens with one attached hydrogen (secondary N) is 1. The maximum Gasteiger partial charge on any atom is 0.334 e. The number of esters is 1. The molecule has 0 aliphatic heterocycles. The standard InChI is InChI=1S/C13H25NO2/c1-6-10(3)8-12(5)14-9-11(4)13(15)16-7-2/h10,12,14H,4,6-9H2,1-3,5H3. The average Bonchev–Trinajstić information content (AvgIpc) is 2.25. The molecule has 0 saturated carbocycles. The molecule has 2 unspecified atom stereocenters. The van der Waals surface area contributed by atoms with Crippen molar-refractivity contribution in [3.05, 3.63) is 12.2 Å². The monoisotopic (exact) mass is 227 g/mol. The summed E-state index contributed by atoms with van der Waals surface area (Å²) < 4.78 is 4.86. The average molecular weight is 227 g/mol. The molecule has 0 rings (SSSR count). The maximum atomic E-state index is 11.3. The molecule has 0 aliphatic rings. The fraction of sp³-hybridized carbons (Fsp3) is 0.769. The van der Waals surface area contributed by atoms with Gasteiger partial charge in [0.15, 0.2) is 0 Å². The minimum Gasteiger partial charge on any atom is -0.463 e. The van der Waals surface area contributed by atoms with Gasteiger partial charge in [-0.1, -0.05) is 26.8 Å². The number of hydrogen-bond acceptors (Lipinski definition) is 3. The Morgan fingerprint density at radius 1 is 1.38 bits per heavy atom. The first-order chi connectivity index (χ1) is 7.51. The highest BCUT2D eigenvalue weighted by Gasteiger charge is 2.10. The first kappa shape index (κ1) is 15.2. The van der Waals surface area contributed by atoms with Crippen molar-refractivity contribution in [2.45, 2.75) is 46.6 Å². The van der Waals surface area contributed by atoms with E-state index in [2.05, 4.69) is 32.7 Å². The van der Waals surface area contributed by atoms with Gasteiger partial charge < -0.3 is 10.1 Å². The van der Waals surface area contributed by atoms with Gasteiger partial charge in [0.2, 0.25) is 0 Å². The summed E-state index contributed by atoms with van der Waals surface area (Å²) in [7, 11) is 0. The van der Waals surface area contributed by atoms with E-state index < -0.39 is 0 Å². The van der Waals surface area contributed by atoms with Crippen molar-refractivity contribution >= 4 is 5.97 Å². The molecule has 94 valence electrons. The molecule has 0 amide bonds. The summed E-state index contributed by atoms with van der Waals surface area (Å²) in [5.74, 6) is 0.407. The van der Waals surface area contributed by atoms with Crippen LogP contribution in [0.2, 0.25) is 0 Å². The van der Waals surface area contributed by atoms with Gasteiger partial charge in [0, 0.05) is 18.2 Å². The molecule has 2 atom stereocenters. The van der Waals surface area contributed by atoms with Gasteiger partial charge >= 0.3 is 5.97 Å². The summed E-state index contributed by atoms with van der Waals surface area (Å²) in [4.78, 5) is 11.3. The lowest BCUT2D eigenvalue weighted by atomic mass is 10.0. The lowest BCUT2D eigenvalue weighted by molar-refractivity contribution is -0.138. The van der Waals surface area contributed by atoms with Crippen molar-refractivity contribution in [3.63, 3.8) is 0 Å². The SMILES string of the molecule is C=C(CNC(C)CC(C)CC)C(=O)OCC. The van der Waals surface area contributed by atoms with Gasteiger partial charge in [-0.15, -0.1) is 0 Å². The molecule has 0 aliphatic carbocycles. The van der Waals surface area contributed by atoms with Gasteiger partial charge in [0.05, 0.1) is 6.61 Å². The van der Waals surface area contributed by atoms with Crippen molar-refractivity contribution in [1.29, 1.82) is 0 Å². The number of rotatable bonds is 8. The van der Waals surface area contributed by atoms with Crippen LogP contribution in [0.25, 0.3) is 0 Å². The van der Waals surface area contributed by atoms with E-state index in [4.69, 9.17) is 4.74 Å². The van der Waals surface area contributed by atoms with Crippen molar-refractivity contribution in [3.8, 4) is 0 Å². The van der Waals surface area contributed by atoms with Crippen LogP contribution in [0.4, 0.5) is 0 Å². The third-order valence-corrected chi connectivity index (χ3v) is 2.68.